The van der Waals surface area contributed by atoms with Gasteiger partial charge in [0.2, 0.25) is 0 Å². The first kappa shape index (κ1) is 20.5. The van der Waals surface area contributed by atoms with Gasteiger partial charge in [-0.05, 0) is 60.6 Å². The van der Waals surface area contributed by atoms with Crippen LogP contribution < -0.4 is 25.9 Å². The highest BCUT2D eigenvalue weighted by Crippen LogP contribution is 2.27. The highest BCUT2D eigenvalue weighted by atomic mass is 35.5. The molecule has 4 N–H and O–H groups in total. The van der Waals surface area contributed by atoms with Crippen molar-refractivity contribution in [3.63, 3.8) is 0 Å². The molecule has 0 saturated heterocycles. The third-order valence-corrected chi connectivity index (χ3v) is 4.06. The summed E-state index contributed by atoms with van der Waals surface area (Å²) in [7, 11) is 1.50. The smallest absolute Gasteiger partial charge is 0.255 e. The van der Waals surface area contributed by atoms with Crippen LogP contribution in [0.2, 0.25) is 5.02 Å². The third-order valence-electron chi connectivity index (χ3n) is 3.45. The van der Waals surface area contributed by atoms with Crippen LogP contribution in [0.3, 0.4) is 0 Å². The minimum atomic E-state index is -0.567. The number of carbonyl (C=O) groups is 1. The zero-order chi connectivity index (χ0) is 19.8. The Labute approximate surface area is 167 Å². The van der Waals surface area contributed by atoms with E-state index in [2.05, 4.69) is 15.8 Å². The minimum Gasteiger partial charge on any atom is -0.493 e. The van der Waals surface area contributed by atoms with Gasteiger partial charge in [0, 0.05) is 10.7 Å². The average molecular weight is 407 g/mol. The van der Waals surface area contributed by atoms with Gasteiger partial charge in [-0.25, -0.2) is 0 Å². The van der Waals surface area contributed by atoms with Crippen molar-refractivity contribution in [2.24, 2.45) is 10.8 Å². The van der Waals surface area contributed by atoms with Crippen LogP contribution in [0.25, 0.3) is 0 Å². The monoisotopic (exact) mass is 406 g/mol. The van der Waals surface area contributed by atoms with Gasteiger partial charge in [0.25, 0.3) is 5.91 Å². The third kappa shape index (κ3) is 6.12. The predicted octanol–water partition coefficient (Wildman–Crippen LogP) is 2.84. The average Bonchev–Trinajstić information content (AvgIpc) is 2.64. The number of hydrogen-bond donors (Lipinski definition) is 3. The first-order chi connectivity index (χ1) is 12.9. The second-order valence-corrected chi connectivity index (χ2v) is 6.22. The molecule has 0 heterocycles. The molecule has 2 aromatic rings. The van der Waals surface area contributed by atoms with Gasteiger partial charge in [0.15, 0.2) is 23.2 Å². The van der Waals surface area contributed by atoms with Gasteiger partial charge in [0.1, 0.15) is 0 Å². The maximum atomic E-state index is 10.8. The summed E-state index contributed by atoms with van der Waals surface area (Å²) in [5, 5.41) is 8.09. The van der Waals surface area contributed by atoms with Crippen LogP contribution in [-0.4, -0.2) is 31.0 Å². The van der Waals surface area contributed by atoms with Gasteiger partial charge in [-0.2, -0.15) is 5.10 Å². The molecule has 9 heteroatoms. The largest absolute Gasteiger partial charge is 0.493 e. The summed E-state index contributed by atoms with van der Waals surface area (Å²) in [4.78, 5) is 10.8. The Bertz CT molecular complexity index is 874. The van der Waals surface area contributed by atoms with E-state index in [0.29, 0.717) is 21.6 Å². The lowest BCUT2D eigenvalue weighted by atomic mass is 10.2. The van der Waals surface area contributed by atoms with Crippen molar-refractivity contribution in [1.82, 2.24) is 5.43 Å². The summed E-state index contributed by atoms with van der Waals surface area (Å²) < 4.78 is 10.5. The quantitative estimate of drug-likeness (QED) is 0.371. The second-order valence-electron chi connectivity index (χ2n) is 5.40. The molecule has 2 aromatic carbocycles. The van der Waals surface area contributed by atoms with Crippen LogP contribution >= 0.6 is 23.8 Å². The van der Waals surface area contributed by atoms with E-state index in [4.69, 9.17) is 39.0 Å². The molecule has 0 aliphatic heterocycles. The van der Waals surface area contributed by atoms with Crippen molar-refractivity contribution in [2.45, 2.75) is 6.92 Å². The molecule has 0 spiro atoms. The molecule has 0 fully saturated rings. The Balaban J connectivity index is 1.97. The van der Waals surface area contributed by atoms with Gasteiger partial charge in [-0.1, -0.05) is 17.7 Å². The van der Waals surface area contributed by atoms with Crippen LogP contribution in [0.4, 0.5) is 5.69 Å². The fourth-order valence-electron chi connectivity index (χ4n) is 2.09. The van der Waals surface area contributed by atoms with Crippen LogP contribution in [0, 0.1) is 6.92 Å². The van der Waals surface area contributed by atoms with E-state index >= 15 is 0 Å². The number of hydrogen-bond acceptors (Lipinski definition) is 5. The van der Waals surface area contributed by atoms with Crippen molar-refractivity contribution in [2.75, 3.05) is 19.0 Å². The molecular weight excluding hydrogens is 388 g/mol. The molecule has 2 rings (SSSR count). The van der Waals surface area contributed by atoms with E-state index in [1.807, 2.05) is 19.1 Å². The molecular formula is C18H19ClN4O3S. The standard InChI is InChI=1S/C18H19ClN4O3S/c1-11-13(19)4-3-5-14(11)22-18(27)23-21-9-12-6-7-15(16(8-12)25-2)26-10-17(20)24/h3-9H,10H2,1-2H3,(H2,20,24)(H2,22,23,27)/b21-9-. The van der Waals surface area contributed by atoms with Gasteiger partial charge < -0.3 is 20.5 Å². The number of nitrogens with one attached hydrogen (secondary N) is 2. The maximum Gasteiger partial charge on any atom is 0.255 e. The summed E-state index contributed by atoms with van der Waals surface area (Å²) in [6.07, 6.45) is 1.57. The Morgan fingerprint density at radius 1 is 1.33 bits per heavy atom. The molecule has 27 heavy (non-hydrogen) atoms. The highest BCUT2D eigenvalue weighted by molar-refractivity contribution is 7.80. The molecule has 0 aliphatic rings. The molecule has 0 radical (unpaired) electrons. The molecule has 0 unspecified atom stereocenters. The number of hydrazone groups is 1. The Hall–Kier alpha value is -2.84. The molecule has 142 valence electrons. The van der Waals surface area contributed by atoms with Crippen molar-refractivity contribution in [3.05, 3.63) is 52.5 Å². The summed E-state index contributed by atoms with van der Waals surface area (Å²) in [5.41, 5.74) is 10.2. The number of ether oxygens (including phenoxy) is 2. The SMILES string of the molecule is COc1cc(/C=N\NC(=S)Nc2cccc(Cl)c2C)ccc1OCC(N)=O. The van der Waals surface area contributed by atoms with Gasteiger partial charge in [-0.3, -0.25) is 10.2 Å². The number of methoxy groups -OCH3 is 1. The number of halogens is 1. The fraction of sp³-hybridized carbons (Fsp3) is 0.167. The van der Waals surface area contributed by atoms with Gasteiger partial charge in [-0.15, -0.1) is 0 Å². The van der Waals surface area contributed by atoms with E-state index in [1.54, 1.807) is 30.5 Å². The lowest BCUT2D eigenvalue weighted by molar-refractivity contribution is -0.119. The van der Waals surface area contributed by atoms with Crippen molar-refractivity contribution in [1.29, 1.82) is 0 Å². The number of nitrogens with zero attached hydrogens (tertiary/aromatic N) is 1. The van der Waals surface area contributed by atoms with E-state index in [-0.39, 0.29) is 6.61 Å². The number of nitrogens with two attached hydrogens (primary N) is 1. The Kier molecular flexibility index (Phi) is 7.39. The van der Waals surface area contributed by atoms with Crippen LogP contribution in [0.5, 0.6) is 11.5 Å². The van der Waals surface area contributed by atoms with Gasteiger partial charge in [0.05, 0.1) is 13.3 Å². The maximum absolute atomic E-state index is 10.8. The molecule has 0 aromatic heterocycles. The van der Waals surface area contributed by atoms with Crippen molar-refractivity contribution in [3.8, 4) is 11.5 Å². The van der Waals surface area contributed by atoms with E-state index < -0.39 is 5.91 Å². The zero-order valence-corrected chi connectivity index (χ0v) is 16.4. The topological polar surface area (TPSA) is 98.0 Å². The predicted molar refractivity (Wildman–Crippen MR) is 111 cm³/mol. The first-order valence-electron chi connectivity index (χ1n) is 7.85. The Morgan fingerprint density at radius 3 is 2.81 bits per heavy atom. The summed E-state index contributed by atoms with van der Waals surface area (Å²) in [6.45, 7) is 1.67. The normalized spacial score (nSPS) is 10.5. The number of carbonyl (C=O) groups excluding carboxylic acids is 1. The number of anilines is 1. The lowest BCUT2D eigenvalue weighted by Crippen LogP contribution is -2.24. The molecule has 0 bridgehead atoms. The lowest BCUT2D eigenvalue weighted by Gasteiger charge is -2.11. The number of thiocarbonyl (C=S) groups is 1. The molecule has 0 atom stereocenters. The highest BCUT2D eigenvalue weighted by Gasteiger charge is 2.07. The number of amides is 1. The summed E-state index contributed by atoms with van der Waals surface area (Å²) in [6, 6.07) is 10.6. The Morgan fingerprint density at radius 2 is 2.11 bits per heavy atom. The summed E-state index contributed by atoms with van der Waals surface area (Å²) >= 11 is 11.3. The zero-order valence-electron chi connectivity index (χ0n) is 14.8. The second kappa shape index (κ2) is 9.75. The molecule has 7 nitrogen and oxygen atoms in total. The molecule has 1 amide bonds. The number of rotatable bonds is 7. The van der Waals surface area contributed by atoms with Gasteiger partial charge >= 0.3 is 0 Å². The van der Waals surface area contributed by atoms with Crippen molar-refractivity contribution < 1.29 is 14.3 Å². The van der Waals surface area contributed by atoms with Crippen LogP contribution in [0.15, 0.2) is 41.5 Å². The molecule has 0 saturated carbocycles. The molecule has 0 aliphatic carbocycles. The van der Waals surface area contributed by atoms with E-state index in [9.17, 15) is 4.79 Å². The fourth-order valence-corrected chi connectivity index (χ4v) is 2.43. The number of primary amides is 1. The first-order valence-corrected chi connectivity index (χ1v) is 8.63. The van der Waals surface area contributed by atoms with E-state index in [1.165, 1.54) is 7.11 Å². The summed E-state index contributed by atoms with van der Waals surface area (Å²) in [5.74, 6) is 0.299. The number of benzene rings is 2. The van der Waals surface area contributed by atoms with Crippen LogP contribution in [-0.2, 0) is 4.79 Å². The van der Waals surface area contributed by atoms with Crippen LogP contribution in [0.1, 0.15) is 11.1 Å². The van der Waals surface area contributed by atoms with E-state index in [0.717, 1.165) is 16.8 Å². The van der Waals surface area contributed by atoms with Crippen molar-refractivity contribution >= 4 is 46.7 Å². The minimum absolute atomic E-state index is 0.228.